The van der Waals surface area contributed by atoms with Gasteiger partial charge < -0.3 is 10.1 Å². The third-order valence-corrected chi connectivity index (χ3v) is 4.28. The van der Waals surface area contributed by atoms with Crippen molar-refractivity contribution in [3.05, 3.63) is 65.9 Å². The Morgan fingerprint density at radius 2 is 1.73 bits per heavy atom. The highest BCUT2D eigenvalue weighted by atomic mass is 32.1. The van der Waals surface area contributed by atoms with Gasteiger partial charge >= 0.3 is 5.97 Å². The van der Waals surface area contributed by atoms with Crippen molar-refractivity contribution in [1.82, 2.24) is 9.59 Å². The molecule has 3 rings (SSSR count). The molecular weight excluding hydrogens is 350 g/mol. The predicted molar refractivity (Wildman–Crippen MR) is 100 cm³/mol. The average Bonchev–Trinajstić information content (AvgIpc) is 3.11. The number of hydrogen-bond donors (Lipinski definition) is 1. The molecule has 0 aliphatic rings. The van der Waals surface area contributed by atoms with Gasteiger partial charge in [-0.3, -0.25) is 4.79 Å². The zero-order valence-electron chi connectivity index (χ0n) is 14.1. The summed E-state index contributed by atoms with van der Waals surface area (Å²) in [6, 6.07) is 17.8. The second-order valence-corrected chi connectivity index (χ2v) is 6.21. The van der Waals surface area contributed by atoms with Crippen LogP contribution in [0.4, 0.5) is 5.00 Å². The van der Waals surface area contributed by atoms with Crippen molar-refractivity contribution in [3.63, 3.8) is 0 Å². The smallest absolute Gasteiger partial charge is 0.362 e. The number of nitrogens with one attached hydrogen (secondary N) is 1. The number of benzene rings is 2. The van der Waals surface area contributed by atoms with Crippen molar-refractivity contribution >= 4 is 28.4 Å². The number of nitrogens with zero attached hydrogens (tertiary/aromatic N) is 2. The molecule has 0 atom stereocenters. The van der Waals surface area contributed by atoms with Crippen LogP contribution in [0.5, 0.6) is 0 Å². The van der Waals surface area contributed by atoms with E-state index in [1.807, 2.05) is 54.6 Å². The molecular formula is C19H17N3O3S. The molecule has 0 saturated heterocycles. The van der Waals surface area contributed by atoms with Gasteiger partial charge in [0, 0.05) is 11.5 Å². The van der Waals surface area contributed by atoms with Crippen LogP contribution < -0.4 is 5.32 Å². The van der Waals surface area contributed by atoms with E-state index in [0.717, 1.165) is 28.2 Å². The first-order valence-electron chi connectivity index (χ1n) is 8.11. The molecule has 132 valence electrons. The van der Waals surface area contributed by atoms with Crippen LogP contribution in [0.15, 0.2) is 54.6 Å². The third-order valence-electron chi connectivity index (χ3n) is 3.64. The molecule has 3 aromatic rings. The molecule has 0 spiro atoms. The van der Waals surface area contributed by atoms with Gasteiger partial charge in [0.25, 0.3) is 0 Å². The first-order chi connectivity index (χ1) is 12.7. The van der Waals surface area contributed by atoms with Crippen LogP contribution in [0.25, 0.3) is 11.1 Å². The number of anilines is 1. The molecule has 1 amide bonds. The Hall–Kier alpha value is -3.06. The van der Waals surface area contributed by atoms with Crippen molar-refractivity contribution in [3.8, 4) is 11.1 Å². The first kappa shape index (κ1) is 17.8. The lowest BCUT2D eigenvalue weighted by atomic mass is 10.0. The predicted octanol–water partition coefficient (Wildman–Crippen LogP) is 3.56. The molecule has 1 heterocycles. The summed E-state index contributed by atoms with van der Waals surface area (Å²) in [5, 5.41) is 6.70. The Morgan fingerprint density at radius 3 is 2.42 bits per heavy atom. The highest BCUT2D eigenvalue weighted by Crippen LogP contribution is 2.21. The summed E-state index contributed by atoms with van der Waals surface area (Å²) in [7, 11) is 0. The molecule has 0 aliphatic carbocycles. The quantitative estimate of drug-likeness (QED) is 0.674. The van der Waals surface area contributed by atoms with E-state index in [0.29, 0.717) is 5.00 Å². The fourth-order valence-electron chi connectivity index (χ4n) is 2.41. The summed E-state index contributed by atoms with van der Waals surface area (Å²) in [5.41, 5.74) is 3.12. The molecule has 0 bridgehead atoms. The van der Waals surface area contributed by atoms with Gasteiger partial charge in [-0.1, -0.05) is 59.1 Å². The van der Waals surface area contributed by atoms with Crippen molar-refractivity contribution < 1.29 is 14.3 Å². The van der Waals surface area contributed by atoms with Crippen LogP contribution in [0.2, 0.25) is 0 Å². The number of hydrogen-bond acceptors (Lipinski definition) is 6. The summed E-state index contributed by atoms with van der Waals surface area (Å²) in [4.78, 5) is 24.0. The molecule has 0 unspecified atom stereocenters. The number of amides is 1. The normalized spacial score (nSPS) is 10.3. The van der Waals surface area contributed by atoms with Crippen LogP contribution in [0.3, 0.4) is 0 Å². The fourth-order valence-corrected chi connectivity index (χ4v) is 2.98. The maximum Gasteiger partial charge on any atom is 0.362 e. The molecule has 0 aliphatic heterocycles. The monoisotopic (exact) mass is 367 g/mol. The van der Waals surface area contributed by atoms with E-state index in [1.165, 1.54) is 0 Å². The summed E-state index contributed by atoms with van der Waals surface area (Å²) < 4.78 is 8.60. The molecule has 0 radical (unpaired) electrons. The van der Waals surface area contributed by atoms with E-state index in [2.05, 4.69) is 14.9 Å². The van der Waals surface area contributed by atoms with Gasteiger partial charge in [0.05, 0.1) is 13.0 Å². The number of ether oxygens (including phenoxy) is 1. The second kappa shape index (κ2) is 8.35. The lowest BCUT2D eigenvalue weighted by molar-refractivity contribution is -0.115. The lowest BCUT2D eigenvalue weighted by Crippen LogP contribution is -2.16. The van der Waals surface area contributed by atoms with Gasteiger partial charge in [-0.05, 0) is 23.6 Å². The molecule has 2 aromatic carbocycles. The molecule has 0 saturated carbocycles. The standard InChI is InChI=1S/C19H17N3O3S/c1-2-25-19(24)17-18(26-22-21-17)20-16(23)12-13-8-10-15(11-9-13)14-6-4-3-5-7-14/h3-11H,2,12H2,1H3,(H,20,23). The Morgan fingerprint density at radius 1 is 1.04 bits per heavy atom. The minimum absolute atomic E-state index is 0.0321. The summed E-state index contributed by atoms with van der Waals surface area (Å²) >= 11 is 0.948. The van der Waals surface area contributed by atoms with Crippen molar-refractivity contribution in [2.45, 2.75) is 13.3 Å². The van der Waals surface area contributed by atoms with Gasteiger partial charge in [-0.2, -0.15) is 0 Å². The average molecular weight is 367 g/mol. The minimum atomic E-state index is -0.594. The van der Waals surface area contributed by atoms with Crippen LogP contribution in [0.1, 0.15) is 23.0 Å². The number of esters is 1. The van der Waals surface area contributed by atoms with Gasteiger partial charge in [0.1, 0.15) is 0 Å². The van der Waals surface area contributed by atoms with E-state index >= 15 is 0 Å². The number of aromatic nitrogens is 2. The summed E-state index contributed by atoms with van der Waals surface area (Å²) in [6.07, 6.45) is 0.190. The van der Waals surface area contributed by atoms with Gasteiger partial charge in [0.2, 0.25) is 11.6 Å². The third kappa shape index (κ3) is 4.31. The number of carbonyl (C=O) groups is 2. The zero-order valence-corrected chi connectivity index (χ0v) is 15.0. The van der Waals surface area contributed by atoms with Crippen molar-refractivity contribution in [1.29, 1.82) is 0 Å². The Balaban J connectivity index is 1.64. The van der Waals surface area contributed by atoms with Crippen LogP contribution in [-0.2, 0) is 16.0 Å². The van der Waals surface area contributed by atoms with E-state index in [9.17, 15) is 9.59 Å². The minimum Gasteiger partial charge on any atom is -0.461 e. The molecule has 6 nitrogen and oxygen atoms in total. The van der Waals surface area contributed by atoms with Crippen molar-refractivity contribution in [2.24, 2.45) is 0 Å². The largest absolute Gasteiger partial charge is 0.461 e. The lowest BCUT2D eigenvalue weighted by Gasteiger charge is -2.06. The number of rotatable bonds is 6. The van der Waals surface area contributed by atoms with E-state index in [1.54, 1.807) is 6.92 Å². The first-order valence-corrected chi connectivity index (χ1v) is 8.88. The molecule has 7 heteroatoms. The Labute approximate surface area is 155 Å². The number of carbonyl (C=O) groups excluding carboxylic acids is 2. The van der Waals surface area contributed by atoms with E-state index in [4.69, 9.17) is 4.74 Å². The van der Waals surface area contributed by atoms with Crippen molar-refractivity contribution in [2.75, 3.05) is 11.9 Å². The van der Waals surface area contributed by atoms with E-state index < -0.39 is 5.97 Å². The summed E-state index contributed by atoms with van der Waals surface area (Å²) in [6.45, 7) is 1.94. The second-order valence-electron chi connectivity index (χ2n) is 5.46. The summed E-state index contributed by atoms with van der Waals surface area (Å²) in [5.74, 6) is -0.835. The van der Waals surface area contributed by atoms with Gasteiger partial charge in [-0.25, -0.2) is 4.79 Å². The Kier molecular flexibility index (Phi) is 5.70. The highest BCUT2D eigenvalue weighted by Gasteiger charge is 2.19. The van der Waals surface area contributed by atoms with Gasteiger partial charge in [0.15, 0.2) is 5.00 Å². The van der Waals surface area contributed by atoms with E-state index in [-0.39, 0.29) is 24.6 Å². The SMILES string of the molecule is CCOC(=O)c1nnsc1NC(=O)Cc1ccc(-c2ccccc2)cc1. The zero-order chi connectivity index (χ0) is 18.4. The molecule has 0 fully saturated rings. The highest BCUT2D eigenvalue weighted by molar-refractivity contribution is 7.10. The molecule has 1 aromatic heterocycles. The Bertz CT molecular complexity index is 892. The maximum absolute atomic E-state index is 12.3. The maximum atomic E-state index is 12.3. The molecule has 1 N–H and O–H groups in total. The molecule has 26 heavy (non-hydrogen) atoms. The topological polar surface area (TPSA) is 81.2 Å². The van der Waals surface area contributed by atoms with Crippen LogP contribution >= 0.6 is 11.5 Å². The van der Waals surface area contributed by atoms with Crippen LogP contribution in [-0.4, -0.2) is 28.1 Å². The fraction of sp³-hybridized carbons (Fsp3) is 0.158. The van der Waals surface area contributed by atoms with Crippen LogP contribution in [0, 0.1) is 0 Å². The van der Waals surface area contributed by atoms with Gasteiger partial charge in [-0.15, -0.1) is 5.10 Å².